The number of carbonyl (C=O) groups is 1. The zero-order valence-corrected chi connectivity index (χ0v) is 11.5. The molecule has 2 aromatic carbocycles. The van der Waals surface area contributed by atoms with Crippen molar-refractivity contribution < 1.29 is 9.18 Å². The SMILES string of the molecule is C=C(C)C(=O)n1c(-c2ccc(F)cc2)nc2ccccc21. The molecule has 0 atom stereocenters. The van der Waals surface area contributed by atoms with Gasteiger partial charge in [-0.1, -0.05) is 18.7 Å². The summed E-state index contributed by atoms with van der Waals surface area (Å²) in [7, 11) is 0. The van der Waals surface area contributed by atoms with Crippen molar-refractivity contribution >= 4 is 16.9 Å². The van der Waals surface area contributed by atoms with Crippen LogP contribution in [0.5, 0.6) is 0 Å². The predicted octanol–water partition coefficient (Wildman–Crippen LogP) is 4.06. The van der Waals surface area contributed by atoms with E-state index in [0.717, 1.165) is 0 Å². The summed E-state index contributed by atoms with van der Waals surface area (Å²) >= 11 is 0. The number of aromatic nitrogens is 2. The van der Waals surface area contributed by atoms with Crippen molar-refractivity contribution in [2.75, 3.05) is 0 Å². The van der Waals surface area contributed by atoms with Gasteiger partial charge >= 0.3 is 0 Å². The van der Waals surface area contributed by atoms with E-state index in [-0.39, 0.29) is 11.7 Å². The van der Waals surface area contributed by atoms with Crippen molar-refractivity contribution in [1.29, 1.82) is 0 Å². The van der Waals surface area contributed by atoms with Gasteiger partial charge < -0.3 is 0 Å². The van der Waals surface area contributed by atoms with Gasteiger partial charge in [0, 0.05) is 11.1 Å². The average molecular weight is 280 g/mol. The highest BCUT2D eigenvalue weighted by Gasteiger charge is 2.18. The Morgan fingerprint density at radius 3 is 2.48 bits per heavy atom. The molecule has 0 saturated carbocycles. The third kappa shape index (κ3) is 2.25. The van der Waals surface area contributed by atoms with Crippen molar-refractivity contribution in [3.63, 3.8) is 0 Å². The number of benzene rings is 2. The number of halogens is 1. The van der Waals surface area contributed by atoms with Crippen molar-refractivity contribution in [3.8, 4) is 11.4 Å². The van der Waals surface area contributed by atoms with Crippen LogP contribution in [0, 0.1) is 5.82 Å². The van der Waals surface area contributed by atoms with Gasteiger partial charge in [0.05, 0.1) is 11.0 Å². The lowest BCUT2D eigenvalue weighted by Crippen LogP contribution is -2.12. The lowest BCUT2D eigenvalue weighted by atomic mass is 10.2. The van der Waals surface area contributed by atoms with Crippen molar-refractivity contribution in [1.82, 2.24) is 9.55 Å². The molecule has 0 radical (unpaired) electrons. The number of imidazole rings is 1. The summed E-state index contributed by atoms with van der Waals surface area (Å²) < 4.78 is 14.6. The highest BCUT2D eigenvalue weighted by atomic mass is 19.1. The van der Waals surface area contributed by atoms with Gasteiger partial charge in [0.15, 0.2) is 0 Å². The summed E-state index contributed by atoms with van der Waals surface area (Å²) in [4.78, 5) is 16.9. The number of nitrogens with zero attached hydrogens (tertiary/aromatic N) is 2. The monoisotopic (exact) mass is 280 g/mol. The number of para-hydroxylation sites is 2. The Kier molecular flexibility index (Phi) is 3.14. The fourth-order valence-electron chi connectivity index (χ4n) is 2.22. The first-order chi connectivity index (χ1) is 10.1. The van der Waals surface area contributed by atoms with E-state index in [9.17, 15) is 9.18 Å². The standard InChI is InChI=1S/C17H13FN2O/c1-11(2)17(21)20-15-6-4-3-5-14(15)19-16(20)12-7-9-13(18)10-8-12/h3-10H,1H2,2H3. The maximum atomic E-state index is 13.1. The van der Waals surface area contributed by atoms with E-state index in [1.54, 1.807) is 19.1 Å². The van der Waals surface area contributed by atoms with Gasteiger partial charge in [-0.2, -0.15) is 0 Å². The van der Waals surface area contributed by atoms with E-state index in [1.165, 1.54) is 16.7 Å². The molecular weight excluding hydrogens is 267 g/mol. The van der Waals surface area contributed by atoms with E-state index in [0.29, 0.717) is 28.0 Å². The van der Waals surface area contributed by atoms with E-state index >= 15 is 0 Å². The van der Waals surface area contributed by atoms with Crippen LogP contribution < -0.4 is 0 Å². The molecular formula is C17H13FN2O. The topological polar surface area (TPSA) is 34.9 Å². The summed E-state index contributed by atoms with van der Waals surface area (Å²) in [6, 6.07) is 13.3. The van der Waals surface area contributed by atoms with Crippen LogP contribution in [0.15, 0.2) is 60.7 Å². The molecule has 0 N–H and O–H groups in total. The number of hydrogen-bond donors (Lipinski definition) is 0. The minimum Gasteiger partial charge on any atom is -0.269 e. The molecule has 0 amide bonds. The molecule has 0 fully saturated rings. The Morgan fingerprint density at radius 1 is 1.14 bits per heavy atom. The molecule has 0 aliphatic heterocycles. The molecule has 3 nitrogen and oxygen atoms in total. The van der Waals surface area contributed by atoms with Crippen molar-refractivity contribution in [2.24, 2.45) is 0 Å². The first-order valence-electron chi connectivity index (χ1n) is 6.51. The van der Waals surface area contributed by atoms with Crippen molar-refractivity contribution in [3.05, 3.63) is 66.5 Å². The number of carbonyl (C=O) groups excluding carboxylic acids is 1. The molecule has 0 unspecified atom stereocenters. The Labute approximate surface area is 121 Å². The van der Waals surface area contributed by atoms with Gasteiger partial charge in [-0.25, -0.2) is 9.37 Å². The van der Waals surface area contributed by atoms with Crippen LogP contribution in [-0.2, 0) is 0 Å². The molecule has 0 bridgehead atoms. The Balaban J connectivity index is 2.31. The van der Waals surface area contributed by atoms with Crippen LogP contribution in [0.4, 0.5) is 4.39 Å². The lowest BCUT2D eigenvalue weighted by Gasteiger charge is -2.07. The molecule has 104 valence electrons. The van der Waals surface area contributed by atoms with Gasteiger partial charge in [0.25, 0.3) is 5.91 Å². The Hall–Kier alpha value is -2.75. The summed E-state index contributed by atoms with van der Waals surface area (Å²) in [6.45, 7) is 5.37. The normalized spacial score (nSPS) is 10.8. The van der Waals surface area contributed by atoms with E-state index in [4.69, 9.17) is 0 Å². The smallest absolute Gasteiger partial charge is 0.259 e. The first-order valence-corrected chi connectivity index (χ1v) is 6.51. The predicted molar refractivity (Wildman–Crippen MR) is 80.6 cm³/mol. The molecule has 0 aliphatic carbocycles. The molecule has 3 rings (SSSR count). The summed E-state index contributed by atoms with van der Waals surface area (Å²) in [5.74, 6) is -0.0557. The van der Waals surface area contributed by atoms with E-state index < -0.39 is 0 Å². The number of hydrogen-bond acceptors (Lipinski definition) is 2. The van der Waals surface area contributed by atoms with Gasteiger partial charge in [-0.15, -0.1) is 0 Å². The quantitative estimate of drug-likeness (QED) is 0.663. The second-order valence-corrected chi connectivity index (χ2v) is 4.85. The molecule has 0 saturated heterocycles. The van der Waals surface area contributed by atoms with Crippen LogP contribution >= 0.6 is 0 Å². The molecule has 1 heterocycles. The van der Waals surface area contributed by atoms with Gasteiger partial charge in [-0.3, -0.25) is 9.36 Å². The van der Waals surface area contributed by atoms with Gasteiger partial charge in [0.1, 0.15) is 11.6 Å². The van der Waals surface area contributed by atoms with Gasteiger partial charge in [-0.05, 0) is 43.3 Å². The Bertz CT molecular complexity index is 847. The molecule has 4 heteroatoms. The zero-order chi connectivity index (χ0) is 15.0. The zero-order valence-electron chi connectivity index (χ0n) is 11.5. The largest absolute Gasteiger partial charge is 0.269 e. The van der Waals surface area contributed by atoms with Crippen LogP contribution in [0.25, 0.3) is 22.4 Å². The second-order valence-electron chi connectivity index (χ2n) is 4.85. The lowest BCUT2D eigenvalue weighted by molar-refractivity contribution is 0.0962. The summed E-state index contributed by atoms with van der Waals surface area (Å²) in [5, 5.41) is 0. The van der Waals surface area contributed by atoms with E-state index in [1.807, 2.05) is 24.3 Å². The fourth-order valence-corrected chi connectivity index (χ4v) is 2.22. The third-order valence-electron chi connectivity index (χ3n) is 3.23. The average Bonchev–Trinajstić information content (AvgIpc) is 2.86. The maximum absolute atomic E-state index is 13.1. The number of allylic oxidation sites excluding steroid dienone is 1. The molecule has 1 aromatic heterocycles. The van der Waals surface area contributed by atoms with Crippen LogP contribution in [0.1, 0.15) is 11.7 Å². The van der Waals surface area contributed by atoms with Crippen LogP contribution in [0.2, 0.25) is 0 Å². The third-order valence-corrected chi connectivity index (χ3v) is 3.23. The highest BCUT2D eigenvalue weighted by Crippen LogP contribution is 2.25. The fraction of sp³-hybridized carbons (Fsp3) is 0.0588. The molecule has 0 spiro atoms. The highest BCUT2D eigenvalue weighted by molar-refractivity contribution is 6.03. The second kappa shape index (κ2) is 4.98. The van der Waals surface area contributed by atoms with Crippen molar-refractivity contribution in [2.45, 2.75) is 6.92 Å². The maximum Gasteiger partial charge on any atom is 0.259 e. The minimum atomic E-state index is -0.326. The number of fused-ring (bicyclic) bond motifs is 1. The summed E-state index contributed by atoms with van der Waals surface area (Å²) in [6.07, 6.45) is 0. The molecule has 0 aliphatic rings. The van der Waals surface area contributed by atoms with Gasteiger partial charge in [0.2, 0.25) is 0 Å². The summed E-state index contributed by atoms with van der Waals surface area (Å²) in [5.41, 5.74) is 2.53. The van der Waals surface area contributed by atoms with Crippen LogP contribution in [-0.4, -0.2) is 15.5 Å². The number of rotatable bonds is 2. The van der Waals surface area contributed by atoms with E-state index in [2.05, 4.69) is 11.6 Å². The minimum absolute atomic E-state index is 0.219. The molecule has 21 heavy (non-hydrogen) atoms. The molecule has 3 aromatic rings. The first kappa shape index (κ1) is 13.2. The van der Waals surface area contributed by atoms with Crippen LogP contribution in [0.3, 0.4) is 0 Å². The Morgan fingerprint density at radius 2 is 1.81 bits per heavy atom.